The summed E-state index contributed by atoms with van der Waals surface area (Å²) in [5.74, 6) is -2.14. The Labute approximate surface area is 248 Å². The van der Waals surface area contributed by atoms with Gasteiger partial charge in [0.15, 0.2) is 18.5 Å². The molecule has 4 aromatic rings. The normalized spacial score (nSPS) is 21.4. The van der Waals surface area contributed by atoms with Gasteiger partial charge in [0, 0.05) is 0 Å². The van der Waals surface area contributed by atoms with Crippen molar-refractivity contribution >= 4 is 17.9 Å². The smallest absolute Gasteiger partial charge is 0.338 e. The van der Waals surface area contributed by atoms with Gasteiger partial charge < -0.3 is 28.8 Å². The van der Waals surface area contributed by atoms with Crippen LogP contribution in [0, 0.1) is 0 Å². The van der Waals surface area contributed by atoms with Gasteiger partial charge in [-0.05, 0) is 42.0 Å². The van der Waals surface area contributed by atoms with Gasteiger partial charge in [-0.2, -0.15) is 0 Å². The van der Waals surface area contributed by atoms with Crippen molar-refractivity contribution in [2.75, 3.05) is 6.61 Å². The third kappa shape index (κ3) is 7.72. The maximum atomic E-state index is 13.2. The molecule has 0 saturated carbocycles. The van der Waals surface area contributed by atoms with Gasteiger partial charge in [-0.15, -0.1) is 0 Å². The second kappa shape index (κ2) is 14.4. The molecule has 0 aromatic heterocycles. The zero-order valence-corrected chi connectivity index (χ0v) is 23.1. The molecule has 9 heteroatoms. The lowest BCUT2D eigenvalue weighted by molar-refractivity contribution is -0.302. The van der Waals surface area contributed by atoms with Crippen LogP contribution in [0.4, 0.5) is 0 Å². The number of aliphatic hydroxyl groups is 1. The van der Waals surface area contributed by atoms with Crippen LogP contribution in [-0.4, -0.2) is 60.3 Å². The largest absolute Gasteiger partial charge is 0.459 e. The summed E-state index contributed by atoms with van der Waals surface area (Å²) in [5, 5.41) is 11.4. The summed E-state index contributed by atoms with van der Waals surface area (Å²) in [7, 11) is 0. The van der Waals surface area contributed by atoms with Crippen molar-refractivity contribution in [2.24, 2.45) is 0 Å². The number of benzene rings is 4. The van der Waals surface area contributed by atoms with Crippen LogP contribution in [0.15, 0.2) is 121 Å². The third-order valence-electron chi connectivity index (χ3n) is 6.77. The van der Waals surface area contributed by atoms with Crippen LogP contribution in [0.5, 0.6) is 0 Å². The molecule has 5 atom stereocenters. The van der Waals surface area contributed by atoms with E-state index in [1.807, 2.05) is 30.3 Å². The number of carbonyl (C=O) groups excluding carboxylic acids is 3. The quantitative estimate of drug-likeness (QED) is 0.212. The molecule has 0 aliphatic carbocycles. The molecule has 9 nitrogen and oxygen atoms in total. The lowest BCUT2D eigenvalue weighted by Gasteiger charge is -2.43. The van der Waals surface area contributed by atoms with Gasteiger partial charge >= 0.3 is 17.9 Å². The summed E-state index contributed by atoms with van der Waals surface area (Å²) < 4.78 is 29.1. The molecule has 1 fully saturated rings. The summed E-state index contributed by atoms with van der Waals surface area (Å²) in [6, 6.07) is 34.0. The maximum absolute atomic E-state index is 13.2. The molecule has 0 unspecified atom stereocenters. The highest BCUT2D eigenvalue weighted by Gasteiger charge is 2.51. The van der Waals surface area contributed by atoms with E-state index in [-0.39, 0.29) is 17.7 Å². The molecule has 1 heterocycles. The molecule has 1 aliphatic rings. The number of carbonyl (C=O) groups is 3. The molecular weight excluding hydrogens is 552 g/mol. The highest BCUT2D eigenvalue weighted by molar-refractivity contribution is 5.91. The molecule has 4 aromatic carbocycles. The van der Waals surface area contributed by atoms with Gasteiger partial charge in [0.25, 0.3) is 0 Å². The van der Waals surface area contributed by atoms with Gasteiger partial charge in [0.05, 0.1) is 23.3 Å². The first-order chi connectivity index (χ1) is 21.0. The van der Waals surface area contributed by atoms with Gasteiger partial charge in [-0.25, -0.2) is 14.4 Å². The van der Waals surface area contributed by atoms with Crippen molar-refractivity contribution in [3.8, 4) is 0 Å². The van der Waals surface area contributed by atoms with E-state index in [9.17, 15) is 19.5 Å². The fraction of sp³-hybridized carbons (Fsp3) is 0.206. The average Bonchev–Trinajstić information content (AvgIpc) is 3.06. The van der Waals surface area contributed by atoms with E-state index in [0.717, 1.165) is 5.56 Å². The molecule has 1 N–H and O–H groups in total. The van der Waals surface area contributed by atoms with Crippen LogP contribution in [0.1, 0.15) is 36.6 Å². The summed E-state index contributed by atoms with van der Waals surface area (Å²) in [5.41, 5.74) is 1.57. The van der Waals surface area contributed by atoms with Crippen LogP contribution in [-0.2, 0) is 30.3 Å². The Balaban J connectivity index is 1.43. The Morgan fingerprint density at radius 2 is 1.05 bits per heavy atom. The van der Waals surface area contributed by atoms with Gasteiger partial charge in [0.1, 0.15) is 18.8 Å². The molecule has 43 heavy (non-hydrogen) atoms. The van der Waals surface area contributed by atoms with Crippen molar-refractivity contribution in [3.05, 3.63) is 144 Å². The summed E-state index contributed by atoms with van der Waals surface area (Å²) in [6.45, 7) is -0.329. The van der Waals surface area contributed by atoms with Crippen LogP contribution >= 0.6 is 0 Å². The van der Waals surface area contributed by atoms with Crippen LogP contribution in [0.2, 0.25) is 0 Å². The van der Waals surface area contributed by atoms with Crippen molar-refractivity contribution in [2.45, 2.75) is 37.3 Å². The van der Waals surface area contributed by atoms with E-state index in [1.54, 1.807) is 91.0 Å². The minimum Gasteiger partial charge on any atom is -0.459 e. The standard InChI is InChI=1S/C34H30O9/c35-28-30(43-33(38)26-19-11-4-12-20-26)29(42-32(37)25-17-9-3-10-18-25)27(22-39-31(36)24-15-7-2-8-16-24)41-34(28)40-21-23-13-5-1-6-14-23/h1-20,27-30,34-35H,21-22H2/t27-,28-,29-,30-,34+/m1/s1. The first-order valence-electron chi connectivity index (χ1n) is 13.7. The minimum atomic E-state index is -1.56. The zero-order chi connectivity index (χ0) is 30.0. The Morgan fingerprint density at radius 3 is 1.56 bits per heavy atom. The lowest BCUT2D eigenvalue weighted by atomic mass is 9.98. The maximum Gasteiger partial charge on any atom is 0.338 e. The number of hydrogen-bond acceptors (Lipinski definition) is 9. The zero-order valence-electron chi connectivity index (χ0n) is 23.1. The highest BCUT2D eigenvalue weighted by Crippen LogP contribution is 2.29. The SMILES string of the molecule is O=C(OC[C@H]1O[C@H](OCc2ccccc2)[C@H](O)[C@@H](OC(=O)c2ccccc2)[C@@H]1OC(=O)c1ccccc1)c1ccccc1. The topological polar surface area (TPSA) is 118 Å². The summed E-state index contributed by atoms with van der Waals surface area (Å²) in [4.78, 5) is 39.1. The molecule has 0 spiro atoms. The lowest BCUT2D eigenvalue weighted by Crippen LogP contribution is -2.62. The Kier molecular flexibility index (Phi) is 9.91. The number of aliphatic hydroxyl groups excluding tert-OH is 1. The van der Waals surface area contributed by atoms with Gasteiger partial charge in [-0.3, -0.25) is 0 Å². The molecule has 1 aliphatic heterocycles. The van der Waals surface area contributed by atoms with E-state index in [1.165, 1.54) is 0 Å². The van der Waals surface area contributed by atoms with Crippen LogP contribution in [0.3, 0.4) is 0 Å². The molecule has 0 amide bonds. The Morgan fingerprint density at radius 1 is 0.605 bits per heavy atom. The van der Waals surface area contributed by atoms with Crippen molar-refractivity contribution in [3.63, 3.8) is 0 Å². The number of ether oxygens (including phenoxy) is 5. The summed E-state index contributed by atoms with van der Waals surface area (Å²) in [6.07, 6.45) is -6.85. The van der Waals surface area contributed by atoms with Gasteiger partial charge in [-0.1, -0.05) is 84.9 Å². The van der Waals surface area contributed by atoms with Gasteiger partial charge in [0.2, 0.25) is 0 Å². The molecule has 220 valence electrons. The summed E-state index contributed by atoms with van der Waals surface area (Å²) >= 11 is 0. The first kappa shape index (κ1) is 29.7. The van der Waals surface area contributed by atoms with E-state index >= 15 is 0 Å². The van der Waals surface area contributed by atoms with E-state index in [4.69, 9.17) is 23.7 Å². The average molecular weight is 583 g/mol. The molecule has 0 radical (unpaired) electrons. The molecular formula is C34H30O9. The first-order valence-corrected chi connectivity index (χ1v) is 13.7. The second-order valence-corrected chi connectivity index (χ2v) is 9.77. The van der Waals surface area contributed by atoms with E-state index in [0.29, 0.717) is 5.56 Å². The highest BCUT2D eigenvalue weighted by atomic mass is 16.7. The third-order valence-corrected chi connectivity index (χ3v) is 6.77. The molecule has 0 bridgehead atoms. The van der Waals surface area contributed by atoms with E-state index < -0.39 is 55.2 Å². The number of rotatable bonds is 10. The monoisotopic (exact) mass is 582 g/mol. The van der Waals surface area contributed by atoms with Crippen molar-refractivity contribution < 1.29 is 43.2 Å². The predicted molar refractivity (Wildman–Crippen MR) is 154 cm³/mol. The van der Waals surface area contributed by atoms with Crippen LogP contribution in [0.25, 0.3) is 0 Å². The Hall–Kier alpha value is -4.83. The number of hydrogen-bond donors (Lipinski definition) is 1. The fourth-order valence-corrected chi connectivity index (χ4v) is 4.54. The van der Waals surface area contributed by atoms with Crippen LogP contribution < -0.4 is 0 Å². The molecule has 1 saturated heterocycles. The molecule has 5 rings (SSSR count). The van der Waals surface area contributed by atoms with E-state index in [2.05, 4.69) is 0 Å². The van der Waals surface area contributed by atoms with Crippen molar-refractivity contribution in [1.82, 2.24) is 0 Å². The number of esters is 3. The Bertz CT molecular complexity index is 1480. The predicted octanol–water partition coefficient (Wildman–Crippen LogP) is 4.60. The van der Waals surface area contributed by atoms with Crippen molar-refractivity contribution in [1.29, 1.82) is 0 Å². The second-order valence-electron chi connectivity index (χ2n) is 9.77. The fourth-order valence-electron chi connectivity index (χ4n) is 4.54. The minimum absolute atomic E-state index is 0.0624.